The van der Waals surface area contributed by atoms with E-state index < -0.39 is 11.6 Å². The zero-order valence-electron chi connectivity index (χ0n) is 17.6. The molecule has 5 nitrogen and oxygen atoms in total. The Morgan fingerprint density at radius 1 is 1.06 bits per heavy atom. The van der Waals surface area contributed by atoms with Gasteiger partial charge in [-0.2, -0.15) is 13.2 Å². The van der Waals surface area contributed by atoms with E-state index in [-0.39, 0.29) is 36.6 Å². The maximum Gasteiger partial charge on any atom is 0.401 e. The van der Waals surface area contributed by atoms with E-state index in [0.29, 0.717) is 22.5 Å². The van der Waals surface area contributed by atoms with Crippen molar-refractivity contribution in [3.8, 4) is 11.4 Å². The first kappa shape index (κ1) is 21.2. The number of aryl methyl sites for hydroxylation is 1. The second-order valence-electron chi connectivity index (χ2n) is 8.23. The van der Waals surface area contributed by atoms with Gasteiger partial charge in [-0.3, -0.25) is 9.36 Å². The van der Waals surface area contributed by atoms with Crippen LogP contribution in [0, 0.1) is 5.82 Å². The molecule has 1 fully saturated rings. The molecule has 170 valence electrons. The van der Waals surface area contributed by atoms with Gasteiger partial charge in [0, 0.05) is 19.3 Å². The summed E-state index contributed by atoms with van der Waals surface area (Å²) in [6.07, 6.45) is -2.76. The Hall–Kier alpha value is -3.62. The topological polar surface area (TPSA) is 49.0 Å². The van der Waals surface area contributed by atoms with Crippen molar-refractivity contribution >= 4 is 11.0 Å². The average molecular weight is 457 g/mol. The molecule has 33 heavy (non-hydrogen) atoms. The van der Waals surface area contributed by atoms with Gasteiger partial charge in [0.15, 0.2) is 0 Å². The van der Waals surface area contributed by atoms with Gasteiger partial charge in [-0.25, -0.2) is 9.37 Å². The third kappa shape index (κ3) is 3.67. The monoisotopic (exact) mass is 457 g/mol. The maximum atomic E-state index is 13.6. The van der Waals surface area contributed by atoms with Crippen molar-refractivity contribution in [1.29, 1.82) is 0 Å². The zero-order chi connectivity index (χ0) is 23.4. The van der Waals surface area contributed by atoms with Crippen LogP contribution >= 0.6 is 0 Å². The van der Waals surface area contributed by atoms with Gasteiger partial charge in [0.05, 0.1) is 16.7 Å². The summed E-state index contributed by atoms with van der Waals surface area (Å²) in [6, 6.07) is 13.7. The quantitative estimate of drug-likeness (QED) is 0.395. The first-order valence-electron chi connectivity index (χ1n) is 10.3. The Bertz CT molecular complexity index is 1400. The van der Waals surface area contributed by atoms with Crippen LogP contribution in [0.15, 0.2) is 65.6 Å². The number of rotatable bonds is 5. The number of nitrogens with zero attached hydrogens (tertiary/aromatic N) is 3. The van der Waals surface area contributed by atoms with E-state index in [1.807, 2.05) is 0 Å². The second kappa shape index (κ2) is 7.47. The van der Waals surface area contributed by atoms with Crippen LogP contribution in [-0.2, 0) is 19.1 Å². The van der Waals surface area contributed by atoms with Gasteiger partial charge in [-0.1, -0.05) is 12.1 Å². The van der Waals surface area contributed by atoms with Crippen molar-refractivity contribution in [2.24, 2.45) is 7.05 Å². The molecule has 0 bridgehead atoms. The molecule has 0 aliphatic heterocycles. The first-order valence-corrected chi connectivity index (χ1v) is 10.3. The van der Waals surface area contributed by atoms with Crippen molar-refractivity contribution in [2.45, 2.75) is 31.0 Å². The summed E-state index contributed by atoms with van der Waals surface area (Å²) in [5, 5.41) is 0. The number of hydrogen-bond acceptors (Lipinski definition) is 3. The SMILES string of the molecule is Cn1c(C2(C(F)(F)F)CC2)nc2ccc(-n3ccc(OCc4ccc(F)cc4)cc3=O)cc21. The third-order valence-electron chi connectivity index (χ3n) is 6.07. The van der Waals surface area contributed by atoms with E-state index in [1.54, 1.807) is 49.6 Å². The molecule has 9 heteroatoms. The number of hydrogen-bond donors (Lipinski definition) is 0. The minimum atomic E-state index is -4.36. The minimum Gasteiger partial charge on any atom is -0.489 e. The van der Waals surface area contributed by atoms with Gasteiger partial charge in [0.25, 0.3) is 5.56 Å². The first-order chi connectivity index (χ1) is 15.7. The normalized spacial score (nSPS) is 15.1. The number of fused-ring (bicyclic) bond motifs is 1. The number of alkyl halides is 3. The molecule has 2 aromatic carbocycles. The zero-order valence-corrected chi connectivity index (χ0v) is 17.6. The molecule has 1 saturated carbocycles. The lowest BCUT2D eigenvalue weighted by atomic mass is 10.1. The molecule has 5 rings (SSSR count). The highest BCUT2D eigenvalue weighted by Gasteiger charge is 2.66. The Morgan fingerprint density at radius 3 is 2.42 bits per heavy atom. The van der Waals surface area contributed by atoms with E-state index in [2.05, 4.69) is 4.98 Å². The molecule has 0 amide bonds. The lowest BCUT2D eigenvalue weighted by molar-refractivity contribution is -0.162. The van der Waals surface area contributed by atoms with Crippen molar-refractivity contribution in [3.63, 3.8) is 0 Å². The van der Waals surface area contributed by atoms with E-state index in [9.17, 15) is 22.4 Å². The molecule has 0 saturated heterocycles. The summed E-state index contributed by atoms with van der Waals surface area (Å²) >= 11 is 0. The van der Waals surface area contributed by atoms with Gasteiger partial charge in [0.2, 0.25) is 0 Å². The molecular weight excluding hydrogens is 438 g/mol. The number of benzene rings is 2. The Kier molecular flexibility index (Phi) is 4.81. The summed E-state index contributed by atoms with van der Waals surface area (Å²) in [6.45, 7) is 0.175. The smallest absolute Gasteiger partial charge is 0.401 e. The molecular formula is C24H19F4N3O2. The van der Waals surface area contributed by atoms with Crippen LogP contribution in [0.4, 0.5) is 17.6 Å². The molecule has 1 aliphatic carbocycles. The molecule has 2 aromatic heterocycles. The highest BCUT2D eigenvalue weighted by atomic mass is 19.4. The fraction of sp³-hybridized carbons (Fsp3) is 0.250. The van der Waals surface area contributed by atoms with Gasteiger partial charge < -0.3 is 9.30 Å². The molecule has 0 spiro atoms. The third-order valence-corrected chi connectivity index (χ3v) is 6.07. The second-order valence-corrected chi connectivity index (χ2v) is 8.23. The highest BCUT2D eigenvalue weighted by Crippen LogP contribution is 2.58. The lowest BCUT2D eigenvalue weighted by Gasteiger charge is -2.18. The van der Waals surface area contributed by atoms with Crippen LogP contribution in [0.5, 0.6) is 5.75 Å². The van der Waals surface area contributed by atoms with Crippen molar-refractivity contribution in [2.75, 3.05) is 0 Å². The van der Waals surface area contributed by atoms with E-state index in [0.717, 1.165) is 5.56 Å². The van der Waals surface area contributed by atoms with Gasteiger partial charge in [-0.05, 0) is 54.8 Å². The minimum absolute atomic E-state index is 0.000891. The van der Waals surface area contributed by atoms with Gasteiger partial charge in [0.1, 0.15) is 29.4 Å². The standard InChI is InChI=1S/C24H19F4N3O2/c1-30-20-12-17(6-7-19(20)29-22(30)23(9-10-23)24(26,27)28)31-11-8-18(13-21(31)32)33-14-15-2-4-16(25)5-3-15/h2-8,11-13H,9-10,14H2,1H3. The molecule has 2 heterocycles. The number of ether oxygens (including phenoxy) is 1. The molecule has 4 aromatic rings. The lowest BCUT2D eigenvalue weighted by Crippen LogP contribution is -2.31. The molecule has 0 N–H and O–H groups in total. The van der Waals surface area contributed by atoms with Crippen molar-refractivity contribution < 1.29 is 22.3 Å². The summed E-state index contributed by atoms with van der Waals surface area (Å²) in [7, 11) is 1.56. The van der Waals surface area contributed by atoms with Gasteiger partial charge >= 0.3 is 6.18 Å². The van der Waals surface area contributed by atoms with Gasteiger partial charge in [-0.15, -0.1) is 0 Å². The molecule has 0 unspecified atom stereocenters. The predicted molar refractivity (Wildman–Crippen MR) is 114 cm³/mol. The van der Waals surface area contributed by atoms with Crippen LogP contribution in [0.2, 0.25) is 0 Å². The number of aromatic nitrogens is 3. The average Bonchev–Trinajstić information content (AvgIpc) is 3.53. The fourth-order valence-corrected chi connectivity index (χ4v) is 4.03. The fourth-order valence-electron chi connectivity index (χ4n) is 4.03. The van der Waals surface area contributed by atoms with Crippen LogP contribution in [-0.4, -0.2) is 20.3 Å². The van der Waals surface area contributed by atoms with Crippen LogP contribution in [0.25, 0.3) is 16.7 Å². The summed E-state index contributed by atoms with van der Waals surface area (Å²) in [5.74, 6) is 0.00827. The number of imidazole rings is 1. The Morgan fingerprint density at radius 2 is 1.79 bits per heavy atom. The summed E-state index contributed by atoms with van der Waals surface area (Å²) in [4.78, 5) is 16.9. The van der Waals surface area contributed by atoms with E-state index in [1.165, 1.54) is 27.3 Å². The largest absolute Gasteiger partial charge is 0.489 e. The summed E-state index contributed by atoms with van der Waals surface area (Å²) in [5.41, 5.74) is -0.0290. The van der Waals surface area contributed by atoms with Crippen LogP contribution < -0.4 is 10.3 Å². The van der Waals surface area contributed by atoms with Crippen molar-refractivity contribution in [1.82, 2.24) is 14.1 Å². The highest BCUT2D eigenvalue weighted by molar-refractivity contribution is 5.79. The van der Waals surface area contributed by atoms with E-state index in [4.69, 9.17) is 4.74 Å². The van der Waals surface area contributed by atoms with Crippen molar-refractivity contribution in [3.05, 3.63) is 88.4 Å². The predicted octanol–water partition coefficient (Wildman–Crippen LogP) is 5.04. The summed E-state index contributed by atoms with van der Waals surface area (Å²) < 4.78 is 62.2. The molecule has 0 atom stereocenters. The number of halogens is 4. The molecule has 0 radical (unpaired) electrons. The van der Waals surface area contributed by atoms with Crippen LogP contribution in [0.1, 0.15) is 24.2 Å². The molecule has 1 aliphatic rings. The number of pyridine rings is 1. The van der Waals surface area contributed by atoms with E-state index >= 15 is 0 Å². The maximum absolute atomic E-state index is 13.6. The Balaban J connectivity index is 1.42. The Labute approximate surface area is 185 Å². The van der Waals surface area contributed by atoms with Crippen LogP contribution in [0.3, 0.4) is 0 Å².